The van der Waals surface area contributed by atoms with Crippen molar-refractivity contribution < 1.29 is 17.6 Å². The lowest BCUT2D eigenvalue weighted by Crippen LogP contribution is -2.30. The molecular formula is C17H17ClFN5O3S. The smallest absolute Gasteiger partial charge is 0.273 e. The van der Waals surface area contributed by atoms with E-state index in [1.165, 1.54) is 6.07 Å². The highest BCUT2D eigenvalue weighted by molar-refractivity contribution is 7.89. The quantitative estimate of drug-likeness (QED) is 0.713. The van der Waals surface area contributed by atoms with Gasteiger partial charge in [0, 0.05) is 30.0 Å². The average Bonchev–Trinajstić information content (AvgIpc) is 3.11. The van der Waals surface area contributed by atoms with E-state index in [1.54, 1.807) is 24.5 Å². The number of halogens is 2. The number of nitrogens with zero attached hydrogens (tertiary/aromatic N) is 3. The number of amides is 1. The fraction of sp³-hybridized carbons (Fsp3) is 0.353. The molecule has 0 saturated heterocycles. The Bertz CT molecular complexity index is 1100. The minimum atomic E-state index is -3.91. The molecule has 0 bridgehead atoms. The summed E-state index contributed by atoms with van der Waals surface area (Å²) in [6, 6.07) is 3.51. The fourth-order valence-electron chi connectivity index (χ4n) is 3.19. The number of rotatable bonds is 5. The highest BCUT2D eigenvalue weighted by Crippen LogP contribution is 2.36. The molecule has 0 atom stereocenters. The van der Waals surface area contributed by atoms with Crippen molar-refractivity contribution in [2.75, 3.05) is 5.32 Å². The molecule has 8 nitrogen and oxygen atoms in total. The predicted octanol–water partition coefficient (Wildman–Crippen LogP) is 2.43. The maximum atomic E-state index is 13.5. The number of aromatic nitrogens is 2. The number of anilines is 1. The molecular weight excluding hydrogens is 409 g/mol. The second-order valence-corrected chi connectivity index (χ2v) is 8.63. The lowest BCUT2D eigenvalue weighted by Gasteiger charge is -2.10. The molecule has 0 aliphatic carbocycles. The summed E-state index contributed by atoms with van der Waals surface area (Å²) in [5.74, 6) is -1.63. The number of sulfonamides is 1. The first kappa shape index (κ1) is 20.3. The zero-order valence-electron chi connectivity index (χ0n) is 15.1. The third-order valence-electron chi connectivity index (χ3n) is 4.10. The molecule has 0 unspecified atom stereocenters. The van der Waals surface area contributed by atoms with Gasteiger partial charge in [-0.05, 0) is 32.8 Å². The number of hydrogen-bond donors (Lipinski definition) is 2. The molecule has 0 fully saturated rings. The van der Waals surface area contributed by atoms with Crippen molar-refractivity contribution >= 4 is 33.2 Å². The standard InChI is InChI=1S/C17H17ClFN5O3S/c1-9(2)23-28(26,27)16-12-4-3-5-24(12)15(14(16)18)17(25)22-10-6-11(8-20)21-13(19)7-10/h6-7,9,23H,3-5H2,1-2H3,(H,21,22,25). The Kier molecular flexibility index (Phi) is 5.43. The largest absolute Gasteiger partial charge is 0.338 e. The molecule has 2 aromatic heterocycles. The van der Waals surface area contributed by atoms with Crippen LogP contribution in [-0.4, -0.2) is 29.9 Å². The number of fused-ring (bicyclic) bond motifs is 1. The molecule has 3 rings (SSSR count). The number of pyridine rings is 1. The van der Waals surface area contributed by atoms with Crippen molar-refractivity contribution in [1.29, 1.82) is 5.26 Å². The molecule has 0 spiro atoms. The van der Waals surface area contributed by atoms with Crippen LogP contribution in [0, 0.1) is 17.3 Å². The van der Waals surface area contributed by atoms with Crippen LogP contribution in [-0.2, 0) is 23.0 Å². The summed E-state index contributed by atoms with van der Waals surface area (Å²) in [6.07, 6.45) is 1.13. The first-order valence-corrected chi connectivity index (χ1v) is 10.3. The van der Waals surface area contributed by atoms with Crippen LogP contribution in [0.1, 0.15) is 42.1 Å². The second kappa shape index (κ2) is 7.50. The minimum absolute atomic E-state index is 0.0170. The first-order chi connectivity index (χ1) is 13.1. The van der Waals surface area contributed by atoms with Gasteiger partial charge < -0.3 is 9.88 Å². The van der Waals surface area contributed by atoms with E-state index in [1.807, 2.05) is 0 Å². The van der Waals surface area contributed by atoms with Gasteiger partial charge in [0.05, 0.1) is 5.02 Å². The van der Waals surface area contributed by atoms with Gasteiger partial charge in [-0.2, -0.15) is 9.65 Å². The minimum Gasteiger partial charge on any atom is -0.338 e. The Hall–Kier alpha value is -2.48. The van der Waals surface area contributed by atoms with E-state index in [9.17, 15) is 17.6 Å². The van der Waals surface area contributed by atoms with E-state index in [0.717, 1.165) is 6.07 Å². The highest BCUT2D eigenvalue weighted by atomic mass is 35.5. The molecule has 28 heavy (non-hydrogen) atoms. The number of hydrogen-bond acceptors (Lipinski definition) is 5. The van der Waals surface area contributed by atoms with Crippen LogP contribution in [0.5, 0.6) is 0 Å². The van der Waals surface area contributed by atoms with Crippen molar-refractivity contribution in [2.24, 2.45) is 0 Å². The number of nitrogens with one attached hydrogen (secondary N) is 2. The molecule has 0 radical (unpaired) electrons. The van der Waals surface area contributed by atoms with Gasteiger partial charge in [-0.25, -0.2) is 18.1 Å². The van der Waals surface area contributed by atoms with Crippen LogP contribution in [0.4, 0.5) is 10.1 Å². The number of nitriles is 1. The topological polar surface area (TPSA) is 117 Å². The van der Waals surface area contributed by atoms with Crippen LogP contribution >= 0.6 is 11.6 Å². The number of carbonyl (C=O) groups is 1. The van der Waals surface area contributed by atoms with Crippen LogP contribution in [0.3, 0.4) is 0 Å². The summed E-state index contributed by atoms with van der Waals surface area (Å²) in [4.78, 5) is 16.1. The zero-order valence-corrected chi connectivity index (χ0v) is 16.7. The molecule has 1 aliphatic heterocycles. The molecule has 148 valence electrons. The zero-order chi connectivity index (χ0) is 20.6. The summed E-state index contributed by atoms with van der Waals surface area (Å²) in [5.41, 5.74) is 0.255. The van der Waals surface area contributed by atoms with E-state index in [0.29, 0.717) is 25.1 Å². The van der Waals surface area contributed by atoms with Gasteiger partial charge >= 0.3 is 0 Å². The van der Waals surface area contributed by atoms with E-state index in [4.69, 9.17) is 16.9 Å². The Morgan fingerprint density at radius 2 is 2.14 bits per heavy atom. The SMILES string of the molecule is CC(C)NS(=O)(=O)c1c(Cl)c(C(=O)Nc2cc(F)nc(C#N)c2)n2c1CCC2. The molecule has 1 aliphatic rings. The normalized spacial score (nSPS) is 13.4. The van der Waals surface area contributed by atoms with Gasteiger partial charge in [-0.1, -0.05) is 11.6 Å². The van der Waals surface area contributed by atoms with Crippen molar-refractivity contribution in [3.8, 4) is 6.07 Å². The van der Waals surface area contributed by atoms with Crippen LogP contribution < -0.4 is 10.0 Å². The molecule has 0 aromatic carbocycles. The van der Waals surface area contributed by atoms with Crippen LogP contribution in [0.15, 0.2) is 17.0 Å². The van der Waals surface area contributed by atoms with Crippen molar-refractivity contribution in [3.63, 3.8) is 0 Å². The predicted molar refractivity (Wildman–Crippen MR) is 100 cm³/mol. The van der Waals surface area contributed by atoms with Crippen LogP contribution in [0.2, 0.25) is 5.02 Å². The summed E-state index contributed by atoms with van der Waals surface area (Å²) >= 11 is 6.33. The summed E-state index contributed by atoms with van der Waals surface area (Å²) in [7, 11) is -3.91. The monoisotopic (exact) mass is 425 g/mol. The molecule has 3 heterocycles. The first-order valence-electron chi connectivity index (χ1n) is 8.46. The second-order valence-electron chi connectivity index (χ2n) is 6.60. The van der Waals surface area contributed by atoms with Gasteiger partial charge in [-0.3, -0.25) is 4.79 Å². The van der Waals surface area contributed by atoms with Crippen molar-refractivity contribution in [3.05, 3.63) is 40.2 Å². The molecule has 2 N–H and O–H groups in total. The Morgan fingerprint density at radius 3 is 2.79 bits per heavy atom. The Labute approximate surface area is 166 Å². The fourth-order valence-corrected chi connectivity index (χ4v) is 5.39. The Morgan fingerprint density at radius 1 is 1.43 bits per heavy atom. The van der Waals surface area contributed by atoms with Gasteiger partial charge in [0.15, 0.2) is 0 Å². The molecule has 1 amide bonds. The van der Waals surface area contributed by atoms with Gasteiger partial charge in [0.25, 0.3) is 5.91 Å². The summed E-state index contributed by atoms with van der Waals surface area (Å²) in [5, 5.41) is 11.2. The van der Waals surface area contributed by atoms with E-state index in [2.05, 4.69) is 15.0 Å². The summed E-state index contributed by atoms with van der Waals surface area (Å²) < 4.78 is 43.0. The van der Waals surface area contributed by atoms with E-state index >= 15 is 0 Å². The maximum absolute atomic E-state index is 13.5. The average molecular weight is 426 g/mol. The third kappa shape index (κ3) is 3.73. The van der Waals surface area contributed by atoms with Gasteiger partial charge in [0.2, 0.25) is 16.0 Å². The van der Waals surface area contributed by atoms with E-state index in [-0.39, 0.29) is 33.0 Å². The maximum Gasteiger partial charge on any atom is 0.273 e. The molecule has 0 saturated carbocycles. The van der Waals surface area contributed by atoms with Crippen molar-refractivity contribution in [1.82, 2.24) is 14.3 Å². The van der Waals surface area contributed by atoms with Crippen molar-refractivity contribution in [2.45, 2.75) is 44.2 Å². The van der Waals surface area contributed by atoms with E-state index < -0.39 is 21.9 Å². The molecule has 11 heteroatoms. The Balaban J connectivity index is 2.04. The van der Waals surface area contributed by atoms with Gasteiger partial charge in [0.1, 0.15) is 22.4 Å². The summed E-state index contributed by atoms with van der Waals surface area (Å²) in [6.45, 7) is 3.80. The van der Waals surface area contributed by atoms with Crippen LogP contribution in [0.25, 0.3) is 0 Å². The lowest BCUT2D eigenvalue weighted by atomic mass is 10.2. The highest BCUT2D eigenvalue weighted by Gasteiger charge is 2.35. The van der Waals surface area contributed by atoms with Gasteiger partial charge in [-0.15, -0.1) is 0 Å². The number of carbonyl (C=O) groups excluding carboxylic acids is 1. The third-order valence-corrected chi connectivity index (χ3v) is 6.34. The molecule has 2 aromatic rings. The lowest BCUT2D eigenvalue weighted by molar-refractivity contribution is 0.101.